The van der Waals surface area contributed by atoms with E-state index < -0.39 is 0 Å². The summed E-state index contributed by atoms with van der Waals surface area (Å²) in [5.41, 5.74) is 0.598. The van der Waals surface area contributed by atoms with Crippen molar-refractivity contribution in [2.45, 2.75) is 66.2 Å². The molecule has 0 aliphatic heterocycles. The van der Waals surface area contributed by atoms with Gasteiger partial charge < -0.3 is 5.11 Å². The molecule has 0 spiro atoms. The highest BCUT2D eigenvalue weighted by atomic mass is 16.3. The molecule has 1 saturated carbocycles. The van der Waals surface area contributed by atoms with E-state index in [2.05, 4.69) is 32.6 Å². The molecule has 1 N–H and O–H groups in total. The van der Waals surface area contributed by atoms with Gasteiger partial charge in [0.05, 0.1) is 0 Å². The molecule has 1 unspecified atom stereocenters. The summed E-state index contributed by atoms with van der Waals surface area (Å²) in [5, 5.41) is 9.76. The van der Waals surface area contributed by atoms with Crippen LogP contribution in [0.25, 0.3) is 0 Å². The van der Waals surface area contributed by atoms with Crippen LogP contribution >= 0.6 is 0 Å². The summed E-state index contributed by atoms with van der Waals surface area (Å²) >= 11 is 0. The van der Waals surface area contributed by atoms with E-state index in [9.17, 15) is 5.11 Å². The molecule has 0 aromatic heterocycles. The molecule has 0 radical (unpaired) electrons. The Bertz CT molecular complexity index is 205. The molecule has 0 bridgehead atoms. The monoisotopic (exact) mass is 213 g/mol. The summed E-state index contributed by atoms with van der Waals surface area (Å²) in [6.45, 7) is 11.2. The van der Waals surface area contributed by atoms with Crippen LogP contribution in [-0.4, -0.2) is 29.3 Å². The highest BCUT2D eigenvalue weighted by Gasteiger charge is 2.46. The standard InChI is InChI=1S/C13H27NO/c1-10(15)14(6)11-12(2,3)8-7-9-13(11,4)5/h10-11,15H,7-9H2,1-6H3. The predicted molar refractivity (Wildman–Crippen MR) is 64.6 cm³/mol. The van der Waals surface area contributed by atoms with Gasteiger partial charge in [-0.1, -0.05) is 34.1 Å². The molecular weight excluding hydrogens is 186 g/mol. The Balaban J connectivity index is 2.96. The SMILES string of the molecule is CC(O)N(C)C1C(C)(C)CCCC1(C)C. The summed E-state index contributed by atoms with van der Waals surface area (Å²) in [5.74, 6) is 0. The fraction of sp³-hybridized carbons (Fsp3) is 1.00. The lowest BCUT2D eigenvalue weighted by molar-refractivity contribution is -0.0953. The number of hydrogen-bond donors (Lipinski definition) is 1. The number of nitrogens with zero attached hydrogens (tertiary/aromatic N) is 1. The molecule has 0 saturated heterocycles. The van der Waals surface area contributed by atoms with Gasteiger partial charge in [-0.25, -0.2) is 0 Å². The first-order valence-electron chi connectivity index (χ1n) is 6.08. The Morgan fingerprint density at radius 1 is 1.13 bits per heavy atom. The van der Waals surface area contributed by atoms with Gasteiger partial charge in [-0.3, -0.25) is 4.90 Å². The number of rotatable bonds is 2. The van der Waals surface area contributed by atoms with Crippen molar-refractivity contribution in [3.63, 3.8) is 0 Å². The van der Waals surface area contributed by atoms with Crippen molar-refractivity contribution in [1.82, 2.24) is 4.90 Å². The molecule has 2 nitrogen and oxygen atoms in total. The lowest BCUT2D eigenvalue weighted by Crippen LogP contribution is -2.56. The smallest absolute Gasteiger partial charge is 0.104 e. The first-order chi connectivity index (χ1) is 6.68. The zero-order valence-electron chi connectivity index (χ0n) is 11.2. The van der Waals surface area contributed by atoms with Gasteiger partial charge >= 0.3 is 0 Å². The van der Waals surface area contributed by atoms with Crippen LogP contribution in [0.2, 0.25) is 0 Å². The average molecular weight is 213 g/mol. The van der Waals surface area contributed by atoms with Crippen LogP contribution in [0.1, 0.15) is 53.9 Å². The summed E-state index contributed by atoms with van der Waals surface area (Å²) in [4.78, 5) is 2.14. The molecule has 1 aliphatic carbocycles. The Kier molecular flexibility index (Phi) is 3.52. The van der Waals surface area contributed by atoms with Crippen molar-refractivity contribution in [2.75, 3.05) is 7.05 Å². The zero-order chi connectivity index (χ0) is 11.9. The van der Waals surface area contributed by atoms with Crippen LogP contribution in [0, 0.1) is 10.8 Å². The van der Waals surface area contributed by atoms with Gasteiger partial charge in [-0.2, -0.15) is 0 Å². The first-order valence-corrected chi connectivity index (χ1v) is 6.08. The molecule has 90 valence electrons. The van der Waals surface area contributed by atoms with Crippen molar-refractivity contribution >= 4 is 0 Å². The number of aliphatic hydroxyl groups excluding tert-OH is 1. The third-order valence-corrected chi connectivity index (χ3v) is 4.12. The van der Waals surface area contributed by atoms with Crippen molar-refractivity contribution < 1.29 is 5.11 Å². The molecule has 0 heterocycles. The molecular formula is C13H27NO. The Labute approximate surface area is 94.7 Å². The lowest BCUT2D eigenvalue weighted by atomic mass is 9.60. The van der Waals surface area contributed by atoms with Crippen LogP contribution in [0.5, 0.6) is 0 Å². The maximum Gasteiger partial charge on any atom is 0.104 e. The summed E-state index contributed by atoms with van der Waals surface area (Å²) < 4.78 is 0. The average Bonchev–Trinajstić information content (AvgIpc) is 1.99. The molecule has 0 aromatic rings. The van der Waals surface area contributed by atoms with Crippen LogP contribution in [0.3, 0.4) is 0 Å². The largest absolute Gasteiger partial charge is 0.379 e. The van der Waals surface area contributed by atoms with E-state index in [1.54, 1.807) is 0 Å². The van der Waals surface area contributed by atoms with Gasteiger partial charge in [0.1, 0.15) is 6.23 Å². The minimum absolute atomic E-state index is 0.299. The van der Waals surface area contributed by atoms with Crippen molar-refractivity contribution in [3.8, 4) is 0 Å². The molecule has 1 fully saturated rings. The second-order valence-corrected chi connectivity index (χ2v) is 6.53. The quantitative estimate of drug-likeness (QED) is 0.713. The van der Waals surface area contributed by atoms with Crippen LogP contribution in [0.4, 0.5) is 0 Å². The minimum Gasteiger partial charge on any atom is -0.379 e. The molecule has 1 atom stereocenters. The Hall–Kier alpha value is -0.0800. The second kappa shape index (κ2) is 4.06. The topological polar surface area (TPSA) is 23.5 Å². The third-order valence-electron chi connectivity index (χ3n) is 4.12. The van der Waals surface area contributed by atoms with Gasteiger partial charge in [-0.05, 0) is 37.6 Å². The number of hydrogen-bond acceptors (Lipinski definition) is 2. The van der Waals surface area contributed by atoms with E-state index in [1.807, 2.05) is 14.0 Å². The maximum absolute atomic E-state index is 9.76. The van der Waals surface area contributed by atoms with E-state index in [0.717, 1.165) is 0 Å². The van der Waals surface area contributed by atoms with Gasteiger partial charge in [-0.15, -0.1) is 0 Å². The van der Waals surface area contributed by atoms with Crippen molar-refractivity contribution in [1.29, 1.82) is 0 Å². The normalized spacial score (nSPS) is 28.0. The zero-order valence-corrected chi connectivity index (χ0v) is 11.2. The fourth-order valence-electron chi connectivity index (χ4n) is 3.65. The van der Waals surface area contributed by atoms with Crippen molar-refractivity contribution in [2.24, 2.45) is 10.8 Å². The highest BCUT2D eigenvalue weighted by molar-refractivity contribution is 4.98. The van der Waals surface area contributed by atoms with E-state index in [-0.39, 0.29) is 6.23 Å². The molecule has 2 heteroatoms. The molecule has 1 aliphatic rings. The Morgan fingerprint density at radius 3 is 1.87 bits per heavy atom. The number of aliphatic hydroxyl groups is 1. The molecule has 0 aromatic carbocycles. The highest BCUT2D eigenvalue weighted by Crippen LogP contribution is 2.48. The van der Waals surface area contributed by atoms with Crippen LogP contribution < -0.4 is 0 Å². The predicted octanol–water partition coefficient (Wildman–Crippen LogP) is 2.86. The first kappa shape index (κ1) is 13.0. The van der Waals surface area contributed by atoms with E-state index in [1.165, 1.54) is 19.3 Å². The summed E-state index contributed by atoms with van der Waals surface area (Å²) in [6.07, 6.45) is 3.48. The van der Waals surface area contributed by atoms with Crippen LogP contribution in [0.15, 0.2) is 0 Å². The fourth-order valence-corrected chi connectivity index (χ4v) is 3.65. The van der Waals surface area contributed by atoms with E-state index in [4.69, 9.17) is 0 Å². The van der Waals surface area contributed by atoms with E-state index in [0.29, 0.717) is 16.9 Å². The summed E-state index contributed by atoms with van der Waals surface area (Å²) in [6, 6.07) is 0.457. The molecule has 15 heavy (non-hydrogen) atoms. The molecule has 1 rings (SSSR count). The van der Waals surface area contributed by atoms with Gasteiger partial charge in [0, 0.05) is 6.04 Å². The Morgan fingerprint density at radius 2 is 1.53 bits per heavy atom. The van der Waals surface area contributed by atoms with E-state index >= 15 is 0 Å². The maximum atomic E-state index is 9.76. The van der Waals surface area contributed by atoms with Crippen molar-refractivity contribution in [3.05, 3.63) is 0 Å². The van der Waals surface area contributed by atoms with Gasteiger partial charge in [0.2, 0.25) is 0 Å². The summed E-state index contributed by atoms with van der Waals surface area (Å²) in [7, 11) is 2.05. The third kappa shape index (κ3) is 2.54. The minimum atomic E-state index is -0.355. The van der Waals surface area contributed by atoms with Crippen LogP contribution in [-0.2, 0) is 0 Å². The molecule has 0 amide bonds. The second-order valence-electron chi connectivity index (χ2n) is 6.53. The van der Waals surface area contributed by atoms with Gasteiger partial charge in [0.25, 0.3) is 0 Å². The van der Waals surface area contributed by atoms with Gasteiger partial charge in [0.15, 0.2) is 0 Å². The lowest BCUT2D eigenvalue weighted by Gasteiger charge is -2.54.